The van der Waals surface area contributed by atoms with Crippen molar-refractivity contribution in [3.63, 3.8) is 0 Å². The van der Waals surface area contributed by atoms with Crippen molar-refractivity contribution in [2.75, 3.05) is 18.5 Å². The van der Waals surface area contributed by atoms with Gasteiger partial charge >= 0.3 is 5.69 Å². The maximum atomic E-state index is 11.0. The molecule has 6 nitrogen and oxygen atoms in total. The summed E-state index contributed by atoms with van der Waals surface area (Å²) in [4.78, 5) is 14.6. The fourth-order valence-electron chi connectivity index (χ4n) is 2.49. The zero-order chi connectivity index (χ0) is 13.9. The van der Waals surface area contributed by atoms with Crippen LogP contribution in [0.15, 0.2) is 16.7 Å². The van der Waals surface area contributed by atoms with Crippen LogP contribution in [0.4, 0.5) is 11.5 Å². The van der Waals surface area contributed by atoms with Crippen molar-refractivity contribution in [3.05, 3.63) is 26.9 Å². The lowest BCUT2D eigenvalue weighted by molar-refractivity contribution is -0.384. The van der Waals surface area contributed by atoms with E-state index >= 15 is 0 Å². The predicted molar refractivity (Wildman–Crippen MR) is 75.1 cm³/mol. The van der Waals surface area contributed by atoms with Crippen molar-refractivity contribution in [3.8, 4) is 0 Å². The summed E-state index contributed by atoms with van der Waals surface area (Å²) in [5, 5.41) is 23.5. The standard InChI is InChI=1S/C12H16BrN3O3/c13-9-5-10(16(18)19)11(14-6-9)15-7-12(8-17)3-1-2-4-12/h5-6,17H,1-4,7-8H2,(H,14,15). The first kappa shape index (κ1) is 14.2. The zero-order valence-electron chi connectivity index (χ0n) is 10.4. The van der Waals surface area contributed by atoms with Crippen LogP contribution in [0, 0.1) is 15.5 Å². The molecule has 1 aliphatic carbocycles. The summed E-state index contributed by atoms with van der Waals surface area (Å²) < 4.78 is 0.572. The molecule has 2 rings (SSSR count). The van der Waals surface area contributed by atoms with Crippen molar-refractivity contribution >= 4 is 27.4 Å². The number of hydrogen-bond acceptors (Lipinski definition) is 5. The van der Waals surface area contributed by atoms with Gasteiger partial charge in [-0.15, -0.1) is 0 Å². The number of nitrogens with one attached hydrogen (secondary N) is 1. The summed E-state index contributed by atoms with van der Waals surface area (Å²) >= 11 is 3.17. The fourth-order valence-corrected chi connectivity index (χ4v) is 2.81. The Kier molecular flexibility index (Phi) is 4.36. The lowest BCUT2D eigenvalue weighted by atomic mass is 9.87. The molecule has 0 aromatic carbocycles. The van der Waals surface area contributed by atoms with E-state index in [1.807, 2.05) is 0 Å². The second-order valence-corrected chi connectivity index (χ2v) is 5.91. The lowest BCUT2D eigenvalue weighted by Gasteiger charge is -2.26. The summed E-state index contributed by atoms with van der Waals surface area (Å²) in [5.74, 6) is 0.257. The van der Waals surface area contributed by atoms with Gasteiger partial charge in [-0.3, -0.25) is 10.1 Å². The summed E-state index contributed by atoms with van der Waals surface area (Å²) in [7, 11) is 0. The van der Waals surface area contributed by atoms with E-state index in [9.17, 15) is 15.2 Å². The van der Waals surface area contributed by atoms with E-state index in [0.29, 0.717) is 11.0 Å². The molecule has 104 valence electrons. The second kappa shape index (κ2) is 5.83. The van der Waals surface area contributed by atoms with Crippen LogP contribution in [-0.4, -0.2) is 28.2 Å². The Hall–Kier alpha value is -1.21. The smallest absolute Gasteiger partial charge is 0.312 e. The first-order chi connectivity index (χ1) is 9.06. The number of rotatable bonds is 5. The molecular weight excluding hydrogens is 314 g/mol. The van der Waals surface area contributed by atoms with Gasteiger partial charge in [-0.25, -0.2) is 4.98 Å². The van der Waals surface area contributed by atoms with Crippen molar-refractivity contribution in [2.24, 2.45) is 5.41 Å². The van der Waals surface area contributed by atoms with Gasteiger partial charge in [-0.2, -0.15) is 0 Å². The average molecular weight is 330 g/mol. The van der Waals surface area contributed by atoms with E-state index in [4.69, 9.17) is 0 Å². The monoisotopic (exact) mass is 329 g/mol. The van der Waals surface area contributed by atoms with Crippen LogP contribution in [0.1, 0.15) is 25.7 Å². The van der Waals surface area contributed by atoms with Crippen molar-refractivity contribution in [1.82, 2.24) is 4.98 Å². The van der Waals surface area contributed by atoms with Gasteiger partial charge in [0.05, 0.1) is 11.5 Å². The number of anilines is 1. The van der Waals surface area contributed by atoms with Crippen LogP contribution < -0.4 is 5.32 Å². The normalized spacial score (nSPS) is 17.4. The fraction of sp³-hybridized carbons (Fsp3) is 0.583. The molecule has 7 heteroatoms. The number of aromatic nitrogens is 1. The summed E-state index contributed by atoms with van der Waals surface area (Å²) in [6, 6.07) is 1.43. The number of hydrogen-bond donors (Lipinski definition) is 2. The van der Waals surface area contributed by atoms with E-state index in [-0.39, 0.29) is 23.5 Å². The van der Waals surface area contributed by atoms with Gasteiger partial charge in [0, 0.05) is 28.7 Å². The number of nitro groups is 1. The molecule has 0 amide bonds. The highest BCUT2D eigenvalue weighted by molar-refractivity contribution is 9.10. The van der Waals surface area contributed by atoms with Crippen LogP contribution in [0.2, 0.25) is 0 Å². The van der Waals surface area contributed by atoms with Crippen LogP contribution >= 0.6 is 15.9 Å². The SMILES string of the molecule is O=[N+]([O-])c1cc(Br)cnc1NCC1(CO)CCCC1. The van der Waals surface area contributed by atoms with Crippen LogP contribution in [0.3, 0.4) is 0 Å². The van der Waals surface area contributed by atoms with Crippen LogP contribution in [0.25, 0.3) is 0 Å². The predicted octanol–water partition coefficient (Wildman–Crippen LogP) is 2.72. The van der Waals surface area contributed by atoms with Crippen molar-refractivity contribution < 1.29 is 10.0 Å². The lowest BCUT2D eigenvalue weighted by Crippen LogP contribution is -2.30. The molecule has 0 aliphatic heterocycles. The number of nitrogens with zero attached hydrogens (tertiary/aromatic N) is 2. The molecule has 1 aliphatic rings. The Balaban J connectivity index is 2.13. The third kappa shape index (κ3) is 3.22. The first-order valence-corrected chi connectivity index (χ1v) is 7.00. The van der Waals surface area contributed by atoms with Crippen molar-refractivity contribution in [1.29, 1.82) is 0 Å². The summed E-state index contributed by atoms with van der Waals surface area (Å²) in [5.41, 5.74) is -0.219. The average Bonchev–Trinajstić information content (AvgIpc) is 2.86. The van der Waals surface area contributed by atoms with Crippen LogP contribution in [0.5, 0.6) is 0 Å². The first-order valence-electron chi connectivity index (χ1n) is 6.21. The molecule has 0 spiro atoms. The van der Waals surface area contributed by atoms with E-state index in [0.717, 1.165) is 25.7 Å². The highest BCUT2D eigenvalue weighted by atomic mass is 79.9. The maximum absolute atomic E-state index is 11.0. The Morgan fingerprint density at radius 3 is 2.79 bits per heavy atom. The van der Waals surface area contributed by atoms with Gasteiger partial charge in [0.2, 0.25) is 5.82 Å². The number of halogens is 1. The molecule has 1 fully saturated rings. The molecule has 1 aromatic heterocycles. The van der Waals surface area contributed by atoms with E-state index in [1.54, 1.807) is 0 Å². The minimum atomic E-state index is -0.458. The zero-order valence-corrected chi connectivity index (χ0v) is 12.0. The molecule has 2 N–H and O–H groups in total. The molecule has 0 radical (unpaired) electrons. The minimum Gasteiger partial charge on any atom is -0.396 e. The van der Waals surface area contributed by atoms with E-state index in [1.165, 1.54) is 12.3 Å². The Morgan fingerprint density at radius 2 is 2.21 bits per heavy atom. The van der Waals surface area contributed by atoms with Gasteiger partial charge in [0.15, 0.2) is 0 Å². The maximum Gasteiger partial charge on any atom is 0.312 e. The molecule has 0 unspecified atom stereocenters. The van der Waals surface area contributed by atoms with Gasteiger partial charge < -0.3 is 10.4 Å². The molecular formula is C12H16BrN3O3. The van der Waals surface area contributed by atoms with E-state index < -0.39 is 4.92 Å². The molecule has 0 saturated heterocycles. The Bertz CT molecular complexity index is 475. The molecule has 19 heavy (non-hydrogen) atoms. The minimum absolute atomic E-state index is 0.0551. The van der Waals surface area contributed by atoms with Gasteiger partial charge in [0.25, 0.3) is 0 Å². The van der Waals surface area contributed by atoms with Crippen molar-refractivity contribution in [2.45, 2.75) is 25.7 Å². The highest BCUT2D eigenvalue weighted by Crippen LogP contribution is 2.38. The van der Waals surface area contributed by atoms with Gasteiger partial charge in [0.1, 0.15) is 0 Å². The molecule has 0 atom stereocenters. The van der Waals surface area contributed by atoms with Gasteiger partial charge in [-0.1, -0.05) is 12.8 Å². The Morgan fingerprint density at radius 1 is 1.53 bits per heavy atom. The third-order valence-corrected chi connectivity index (χ3v) is 4.10. The molecule has 0 bridgehead atoms. The topological polar surface area (TPSA) is 88.3 Å². The quantitative estimate of drug-likeness (QED) is 0.640. The van der Waals surface area contributed by atoms with Crippen LogP contribution in [-0.2, 0) is 0 Å². The molecule has 1 saturated carbocycles. The third-order valence-electron chi connectivity index (χ3n) is 3.66. The Labute approximate surface area is 119 Å². The van der Waals surface area contributed by atoms with Gasteiger partial charge in [-0.05, 0) is 28.8 Å². The second-order valence-electron chi connectivity index (χ2n) is 5.00. The molecule has 1 heterocycles. The number of aliphatic hydroxyl groups is 1. The highest BCUT2D eigenvalue weighted by Gasteiger charge is 2.33. The number of aliphatic hydroxyl groups excluding tert-OH is 1. The summed E-state index contributed by atoms with van der Waals surface area (Å²) in [6.07, 6.45) is 5.60. The number of pyridine rings is 1. The van der Waals surface area contributed by atoms with E-state index in [2.05, 4.69) is 26.2 Å². The molecule has 1 aromatic rings. The largest absolute Gasteiger partial charge is 0.396 e. The summed E-state index contributed by atoms with van der Waals surface area (Å²) in [6.45, 7) is 0.614.